The van der Waals surface area contributed by atoms with Crippen LogP contribution in [0.25, 0.3) is 5.82 Å². The van der Waals surface area contributed by atoms with E-state index in [9.17, 15) is 9.59 Å². The quantitative estimate of drug-likeness (QED) is 0.415. The zero-order chi connectivity index (χ0) is 16.8. The smallest absolute Gasteiger partial charge is 0.407 e. The standard InChI is InChI=1S/C14H21N5O3/c1-14(2,3)22-13(21)18-7-10(11(15)8-20)6-12(16)19-5-4-17-9-19/h4-6,8-9H,7,15-16H2,1-3H3,(H,18,21)/b11-10+,12-6+. The molecular weight excluding hydrogens is 286 g/mol. The van der Waals surface area contributed by atoms with Crippen molar-refractivity contribution in [2.75, 3.05) is 6.54 Å². The summed E-state index contributed by atoms with van der Waals surface area (Å²) in [5, 5.41) is 2.52. The van der Waals surface area contributed by atoms with E-state index in [1.807, 2.05) is 0 Å². The van der Waals surface area contributed by atoms with Gasteiger partial charge in [-0.15, -0.1) is 0 Å². The number of carbonyl (C=O) groups is 2. The van der Waals surface area contributed by atoms with Gasteiger partial charge in [0.25, 0.3) is 0 Å². The van der Waals surface area contributed by atoms with Crippen LogP contribution in [0.3, 0.4) is 0 Å². The molecule has 0 radical (unpaired) electrons. The van der Waals surface area contributed by atoms with E-state index >= 15 is 0 Å². The van der Waals surface area contributed by atoms with Crippen LogP contribution < -0.4 is 16.8 Å². The molecule has 8 heteroatoms. The number of nitrogens with two attached hydrogens (primary N) is 2. The molecule has 1 rings (SSSR count). The lowest BCUT2D eigenvalue weighted by atomic mass is 10.2. The molecule has 0 unspecified atom stereocenters. The van der Waals surface area contributed by atoms with Gasteiger partial charge < -0.3 is 21.5 Å². The van der Waals surface area contributed by atoms with Gasteiger partial charge in [0.2, 0.25) is 0 Å². The first kappa shape index (κ1) is 17.3. The van der Waals surface area contributed by atoms with Crippen LogP contribution in [0, 0.1) is 0 Å². The molecule has 0 fully saturated rings. The third-order valence-electron chi connectivity index (χ3n) is 2.44. The van der Waals surface area contributed by atoms with Gasteiger partial charge in [0.15, 0.2) is 6.29 Å². The third kappa shape index (κ3) is 5.70. The van der Waals surface area contributed by atoms with Crippen LogP contribution in [0.1, 0.15) is 20.8 Å². The number of imidazole rings is 1. The molecule has 0 saturated heterocycles. The minimum Gasteiger partial charge on any atom is -0.444 e. The number of nitrogens with one attached hydrogen (secondary N) is 1. The van der Waals surface area contributed by atoms with Crippen molar-refractivity contribution in [3.05, 3.63) is 36.1 Å². The van der Waals surface area contributed by atoms with Crippen molar-refractivity contribution < 1.29 is 14.3 Å². The normalized spacial score (nSPS) is 13.3. The second-order valence-corrected chi connectivity index (χ2v) is 5.49. The summed E-state index contributed by atoms with van der Waals surface area (Å²) in [4.78, 5) is 26.4. The van der Waals surface area contributed by atoms with Crippen LogP contribution in [-0.4, -0.2) is 34.1 Å². The summed E-state index contributed by atoms with van der Waals surface area (Å²) < 4.78 is 6.66. The summed E-state index contributed by atoms with van der Waals surface area (Å²) in [6.45, 7) is 5.26. The Hall–Kier alpha value is -2.77. The van der Waals surface area contributed by atoms with Crippen LogP contribution in [0.2, 0.25) is 0 Å². The Kier molecular flexibility index (Phi) is 5.73. The zero-order valence-electron chi connectivity index (χ0n) is 12.9. The number of hydrogen-bond donors (Lipinski definition) is 3. The maximum absolute atomic E-state index is 11.6. The van der Waals surface area contributed by atoms with Gasteiger partial charge in [-0.2, -0.15) is 0 Å². The van der Waals surface area contributed by atoms with E-state index in [2.05, 4.69) is 10.3 Å². The van der Waals surface area contributed by atoms with Crippen molar-refractivity contribution in [2.24, 2.45) is 11.5 Å². The summed E-state index contributed by atoms with van der Waals surface area (Å²) in [5.74, 6) is 0.309. The number of aldehydes is 1. The number of ether oxygens (including phenoxy) is 1. The molecule has 0 spiro atoms. The molecule has 0 aromatic carbocycles. The number of nitrogens with zero attached hydrogens (tertiary/aromatic N) is 2. The van der Waals surface area contributed by atoms with Gasteiger partial charge in [0.1, 0.15) is 17.7 Å². The highest BCUT2D eigenvalue weighted by molar-refractivity contribution is 5.76. The van der Waals surface area contributed by atoms with Crippen molar-refractivity contribution in [3.8, 4) is 0 Å². The van der Waals surface area contributed by atoms with Gasteiger partial charge in [-0.3, -0.25) is 9.36 Å². The maximum Gasteiger partial charge on any atom is 0.407 e. The largest absolute Gasteiger partial charge is 0.444 e. The Bertz CT molecular complexity index is 582. The number of aromatic nitrogens is 2. The lowest BCUT2D eigenvalue weighted by molar-refractivity contribution is -0.105. The fourth-order valence-corrected chi connectivity index (χ4v) is 1.46. The number of amides is 1. The average Bonchev–Trinajstić information content (AvgIpc) is 2.94. The molecule has 1 heterocycles. The van der Waals surface area contributed by atoms with E-state index in [1.54, 1.807) is 37.7 Å². The molecule has 1 amide bonds. The number of carbonyl (C=O) groups excluding carboxylic acids is 2. The van der Waals surface area contributed by atoms with Gasteiger partial charge in [-0.25, -0.2) is 9.78 Å². The topological polar surface area (TPSA) is 125 Å². The zero-order valence-corrected chi connectivity index (χ0v) is 12.9. The molecule has 0 aliphatic heterocycles. The number of allylic oxidation sites excluding steroid dienone is 1. The minimum absolute atomic E-state index is 0.00881. The molecule has 0 aliphatic carbocycles. The molecule has 0 saturated carbocycles. The second-order valence-electron chi connectivity index (χ2n) is 5.49. The summed E-state index contributed by atoms with van der Waals surface area (Å²) in [5.41, 5.74) is 11.2. The molecule has 22 heavy (non-hydrogen) atoms. The first-order chi connectivity index (χ1) is 10.2. The minimum atomic E-state index is -0.615. The molecule has 8 nitrogen and oxygen atoms in total. The van der Waals surface area contributed by atoms with Gasteiger partial charge in [0.05, 0.1) is 5.70 Å². The predicted octanol–water partition coefficient (Wildman–Crippen LogP) is 0.577. The molecule has 1 aromatic heterocycles. The van der Waals surface area contributed by atoms with Gasteiger partial charge in [-0.1, -0.05) is 0 Å². The van der Waals surface area contributed by atoms with Gasteiger partial charge in [0, 0.05) is 24.5 Å². The molecule has 5 N–H and O–H groups in total. The van der Waals surface area contributed by atoms with Crippen LogP contribution in [-0.2, 0) is 9.53 Å². The van der Waals surface area contributed by atoms with Crippen molar-refractivity contribution in [3.63, 3.8) is 0 Å². The van der Waals surface area contributed by atoms with E-state index < -0.39 is 11.7 Å². The summed E-state index contributed by atoms with van der Waals surface area (Å²) in [6.07, 6.45) is 6.07. The molecule has 0 bridgehead atoms. The lowest BCUT2D eigenvalue weighted by Crippen LogP contribution is -2.34. The Morgan fingerprint density at radius 2 is 2.09 bits per heavy atom. The second kappa shape index (κ2) is 7.30. The SMILES string of the molecule is CC(C)(C)OC(=O)NCC(/C=C(\N)n1ccnc1)=C(/N)C=O. The fraction of sp³-hybridized carbons (Fsp3) is 0.357. The van der Waals surface area contributed by atoms with Crippen molar-refractivity contribution in [2.45, 2.75) is 26.4 Å². The van der Waals surface area contributed by atoms with Gasteiger partial charge in [-0.05, 0) is 26.8 Å². The third-order valence-corrected chi connectivity index (χ3v) is 2.44. The molecule has 0 aliphatic rings. The molecule has 1 aromatic rings. The predicted molar refractivity (Wildman–Crippen MR) is 82.2 cm³/mol. The first-order valence-electron chi connectivity index (χ1n) is 6.59. The van der Waals surface area contributed by atoms with E-state index in [4.69, 9.17) is 16.2 Å². The molecule has 0 atom stereocenters. The Morgan fingerprint density at radius 3 is 2.59 bits per heavy atom. The Morgan fingerprint density at radius 1 is 1.41 bits per heavy atom. The number of rotatable bonds is 5. The fourth-order valence-electron chi connectivity index (χ4n) is 1.46. The van der Waals surface area contributed by atoms with E-state index in [0.29, 0.717) is 17.7 Å². The van der Waals surface area contributed by atoms with Crippen molar-refractivity contribution in [1.29, 1.82) is 0 Å². The summed E-state index contributed by atoms with van der Waals surface area (Å²) in [6, 6.07) is 0. The van der Waals surface area contributed by atoms with E-state index in [-0.39, 0.29) is 12.2 Å². The van der Waals surface area contributed by atoms with Crippen molar-refractivity contribution in [1.82, 2.24) is 14.9 Å². The highest BCUT2D eigenvalue weighted by atomic mass is 16.6. The maximum atomic E-state index is 11.6. The Labute approximate surface area is 128 Å². The highest BCUT2D eigenvalue weighted by Crippen LogP contribution is 2.08. The van der Waals surface area contributed by atoms with Crippen LogP contribution >= 0.6 is 0 Å². The summed E-state index contributed by atoms with van der Waals surface area (Å²) in [7, 11) is 0. The highest BCUT2D eigenvalue weighted by Gasteiger charge is 2.16. The van der Waals surface area contributed by atoms with Crippen molar-refractivity contribution >= 4 is 18.2 Å². The first-order valence-corrected chi connectivity index (χ1v) is 6.59. The molecular formula is C14H21N5O3. The lowest BCUT2D eigenvalue weighted by Gasteiger charge is -2.20. The van der Waals surface area contributed by atoms with Crippen LogP contribution in [0.5, 0.6) is 0 Å². The van der Waals surface area contributed by atoms with Gasteiger partial charge >= 0.3 is 6.09 Å². The Balaban J connectivity index is 2.82. The number of hydrogen-bond acceptors (Lipinski definition) is 6. The van der Waals surface area contributed by atoms with E-state index in [1.165, 1.54) is 12.4 Å². The average molecular weight is 307 g/mol. The van der Waals surface area contributed by atoms with E-state index in [0.717, 1.165) is 0 Å². The van der Waals surface area contributed by atoms with Crippen LogP contribution in [0.15, 0.2) is 36.1 Å². The monoisotopic (exact) mass is 307 g/mol. The molecule has 120 valence electrons. The summed E-state index contributed by atoms with van der Waals surface area (Å²) >= 11 is 0. The van der Waals surface area contributed by atoms with Crippen LogP contribution in [0.4, 0.5) is 4.79 Å². The number of alkyl carbamates (subject to hydrolysis) is 1.